The third-order valence-electron chi connectivity index (χ3n) is 2.77. The number of alkyl halides is 2. The maximum atomic E-state index is 12.6. The highest BCUT2D eigenvalue weighted by Crippen LogP contribution is 2.30. The van der Waals surface area contributed by atoms with Crippen molar-refractivity contribution in [3.05, 3.63) is 42.0 Å². The number of hydrogen-bond donors (Lipinski definition) is 0. The van der Waals surface area contributed by atoms with Gasteiger partial charge in [-0.2, -0.15) is 8.78 Å². The van der Waals surface area contributed by atoms with E-state index in [1.165, 1.54) is 6.07 Å². The molecule has 2 rings (SSSR count). The van der Waals surface area contributed by atoms with Crippen LogP contribution in [0, 0.1) is 0 Å². The van der Waals surface area contributed by atoms with Gasteiger partial charge in [-0.05, 0) is 37.4 Å². The van der Waals surface area contributed by atoms with Crippen LogP contribution in [0.5, 0.6) is 5.75 Å². The second-order valence-corrected chi connectivity index (χ2v) is 4.05. The molecule has 0 saturated heterocycles. The van der Waals surface area contributed by atoms with E-state index in [4.69, 9.17) is 8.22 Å². The number of ether oxygens (including phenoxy) is 1. The predicted molar refractivity (Wildman–Crippen MR) is 72.8 cm³/mol. The molecule has 0 unspecified atom stereocenters. The summed E-state index contributed by atoms with van der Waals surface area (Å²) < 4.78 is 74.1. The van der Waals surface area contributed by atoms with Gasteiger partial charge in [0.1, 0.15) is 5.75 Å². The molecule has 0 bridgehead atoms. The van der Waals surface area contributed by atoms with Crippen LogP contribution in [0.3, 0.4) is 0 Å². The summed E-state index contributed by atoms with van der Waals surface area (Å²) in [6, 6.07) is 9.71. The number of likely N-dealkylation sites (N-methyl/N-ethyl adjacent to an activating group) is 1. The van der Waals surface area contributed by atoms with Crippen LogP contribution in [0.4, 0.5) is 8.78 Å². The Bertz CT molecular complexity index is 713. The quantitative estimate of drug-likeness (QED) is 0.824. The van der Waals surface area contributed by atoms with Gasteiger partial charge in [-0.15, -0.1) is 0 Å². The van der Waals surface area contributed by atoms with E-state index in [0.717, 1.165) is 0 Å². The Morgan fingerprint density at radius 1 is 1.21 bits per heavy atom. The highest BCUT2D eigenvalue weighted by molar-refractivity contribution is 5.91. The first kappa shape index (κ1) is 7.80. The summed E-state index contributed by atoms with van der Waals surface area (Å²) in [4.78, 5) is 0.440. The molecule has 0 atom stereocenters. The number of benzene rings is 2. The first-order chi connectivity index (χ1) is 11.5. The van der Waals surface area contributed by atoms with Crippen LogP contribution < -0.4 is 4.74 Å². The summed E-state index contributed by atoms with van der Waals surface area (Å²) in [5, 5.41) is 1.06. The number of rotatable bonds is 5. The van der Waals surface area contributed by atoms with E-state index in [0.29, 0.717) is 21.2 Å². The molecule has 0 fully saturated rings. The molecular weight excluding hydrogens is 248 g/mol. The van der Waals surface area contributed by atoms with Crippen molar-refractivity contribution < 1.29 is 21.7 Å². The summed E-state index contributed by atoms with van der Waals surface area (Å²) in [5.41, 5.74) is 0.534. The number of nitrogens with zero attached hydrogens (tertiary/aromatic N) is 1. The summed E-state index contributed by atoms with van der Waals surface area (Å²) in [6.07, 6.45) is 0.0533. The minimum absolute atomic E-state index is 0.0302. The minimum atomic E-state index is -3.00. The average Bonchev–Trinajstić information content (AvgIpc) is 2.44. The van der Waals surface area contributed by atoms with Crippen molar-refractivity contribution >= 4 is 10.8 Å². The molecule has 0 saturated carbocycles. The van der Waals surface area contributed by atoms with Crippen LogP contribution >= 0.6 is 0 Å². The molecule has 0 aliphatic carbocycles. The number of hydrogen-bond acceptors (Lipinski definition) is 2. The Kier molecular flexibility index (Phi) is 2.45. The third-order valence-corrected chi connectivity index (χ3v) is 2.77. The van der Waals surface area contributed by atoms with E-state index in [9.17, 15) is 8.78 Å². The average molecular weight is 271 g/mol. The standard InChI is InChI=1S/C15H17F2NO/c1-18(2)10-9-12-6-3-5-11-7-4-8-13(14(11)12)19-15(16)17/h3-8,15H,9-10H2,1-2H3/i1D3,2D3. The van der Waals surface area contributed by atoms with Gasteiger partial charge in [0.2, 0.25) is 0 Å². The van der Waals surface area contributed by atoms with Crippen LogP contribution in [0.1, 0.15) is 13.8 Å². The van der Waals surface area contributed by atoms with E-state index < -0.39 is 20.6 Å². The van der Waals surface area contributed by atoms with Crippen LogP contribution in [0.15, 0.2) is 36.4 Å². The summed E-state index contributed by atoms with van der Waals surface area (Å²) >= 11 is 0. The number of fused-ring (bicyclic) bond motifs is 1. The predicted octanol–water partition coefficient (Wildman–Crippen LogP) is 3.55. The molecule has 0 aromatic heterocycles. The van der Waals surface area contributed by atoms with Gasteiger partial charge < -0.3 is 9.64 Å². The highest BCUT2D eigenvalue weighted by Gasteiger charge is 2.11. The second kappa shape index (κ2) is 5.97. The lowest BCUT2D eigenvalue weighted by molar-refractivity contribution is -0.0488. The van der Waals surface area contributed by atoms with E-state index >= 15 is 0 Å². The van der Waals surface area contributed by atoms with Gasteiger partial charge in [0.25, 0.3) is 0 Å². The van der Waals surface area contributed by atoms with Crippen molar-refractivity contribution in [3.8, 4) is 5.75 Å². The maximum Gasteiger partial charge on any atom is 0.387 e. The Labute approximate surface area is 120 Å². The first-order valence-electron chi connectivity index (χ1n) is 8.73. The van der Waals surface area contributed by atoms with Crippen molar-refractivity contribution in [2.45, 2.75) is 13.0 Å². The Morgan fingerprint density at radius 3 is 2.63 bits per heavy atom. The molecule has 0 amide bonds. The molecule has 0 radical (unpaired) electrons. The smallest absolute Gasteiger partial charge is 0.387 e. The van der Waals surface area contributed by atoms with Gasteiger partial charge in [-0.25, -0.2) is 0 Å². The molecule has 0 heterocycles. The van der Waals surface area contributed by atoms with Gasteiger partial charge in [0.15, 0.2) is 0 Å². The molecule has 0 N–H and O–H groups in total. The molecule has 0 spiro atoms. The summed E-state index contributed by atoms with van der Waals surface area (Å²) in [5.74, 6) is -0.0302. The van der Waals surface area contributed by atoms with Crippen molar-refractivity contribution in [2.24, 2.45) is 0 Å². The normalized spacial score (nSPS) is 17.5. The Balaban J connectivity index is 2.38. The molecular formula is C15H17F2NO. The van der Waals surface area contributed by atoms with Crippen LogP contribution in [0.25, 0.3) is 10.8 Å². The van der Waals surface area contributed by atoms with Crippen LogP contribution in [-0.4, -0.2) is 32.0 Å². The lowest BCUT2D eigenvalue weighted by atomic mass is 10.0. The summed E-state index contributed by atoms with van der Waals surface area (Å²) in [7, 11) is 0. The van der Waals surface area contributed by atoms with Gasteiger partial charge in [0, 0.05) is 20.2 Å². The fourth-order valence-electron chi connectivity index (χ4n) is 2.02. The first-order valence-corrected chi connectivity index (χ1v) is 5.73. The van der Waals surface area contributed by atoms with Gasteiger partial charge >= 0.3 is 6.61 Å². The monoisotopic (exact) mass is 271 g/mol. The summed E-state index contributed by atoms with van der Waals surface area (Å²) in [6.45, 7) is -8.87. The minimum Gasteiger partial charge on any atom is -0.434 e. The van der Waals surface area contributed by atoms with Crippen molar-refractivity contribution in [1.82, 2.24) is 4.90 Å². The van der Waals surface area contributed by atoms with Crippen molar-refractivity contribution in [1.29, 1.82) is 0 Å². The number of halogens is 2. The third kappa shape index (κ3) is 3.41. The topological polar surface area (TPSA) is 12.5 Å². The largest absolute Gasteiger partial charge is 0.434 e. The molecule has 4 heteroatoms. The second-order valence-electron chi connectivity index (χ2n) is 4.05. The van der Waals surface area contributed by atoms with E-state index in [1.54, 1.807) is 30.3 Å². The zero-order valence-electron chi connectivity index (χ0n) is 16.1. The lowest BCUT2D eigenvalue weighted by Gasteiger charge is -2.14. The zero-order valence-corrected chi connectivity index (χ0v) is 10.1. The van der Waals surface area contributed by atoms with E-state index in [-0.39, 0.29) is 18.7 Å². The fraction of sp³-hybridized carbons (Fsp3) is 0.333. The van der Waals surface area contributed by atoms with E-state index in [1.807, 2.05) is 0 Å². The Morgan fingerprint density at radius 2 is 1.95 bits per heavy atom. The molecule has 102 valence electrons. The zero-order chi connectivity index (χ0) is 18.8. The maximum absolute atomic E-state index is 12.6. The fourth-order valence-corrected chi connectivity index (χ4v) is 2.02. The highest BCUT2D eigenvalue weighted by atomic mass is 19.3. The molecule has 19 heavy (non-hydrogen) atoms. The molecule has 2 aromatic carbocycles. The lowest BCUT2D eigenvalue weighted by Crippen LogP contribution is -2.15. The molecule has 0 aliphatic rings. The van der Waals surface area contributed by atoms with Crippen molar-refractivity contribution in [3.63, 3.8) is 0 Å². The Hall–Kier alpha value is -1.68. The van der Waals surface area contributed by atoms with Gasteiger partial charge in [-0.1, -0.05) is 30.3 Å². The SMILES string of the molecule is [2H]C([2H])([2H])N(CCc1cccc2cccc(OC(F)F)c12)C([2H])([2H])[2H]. The van der Waals surface area contributed by atoms with E-state index in [2.05, 4.69) is 4.74 Å². The van der Waals surface area contributed by atoms with Gasteiger partial charge in [-0.3, -0.25) is 0 Å². The van der Waals surface area contributed by atoms with Gasteiger partial charge in [0.05, 0.1) is 0 Å². The molecule has 0 aliphatic heterocycles. The van der Waals surface area contributed by atoms with Crippen LogP contribution in [0.2, 0.25) is 0 Å². The molecule has 2 aromatic rings. The molecule has 2 nitrogen and oxygen atoms in total. The van der Waals surface area contributed by atoms with Crippen LogP contribution in [-0.2, 0) is 6.42 Å². The van der Waals surface area contributed by atoms with Crippen molar-refractivity contribution in [2.75, 3.05) is 20.5 Å².